The van der Waals surface area contributed by atoms with E-state index in [1.807, 2.05) is 32.9 Å². The number of carbonyl (C=O) groups excluding carboxylic acids is 1. The van der Waals surface area contributed by atoms with Crippen LogP contribution in [0.5, 0.6) is 0 Å². The van der Waals surface area contributed by atoms with E-state index >= 15 is 0 Å². The van der Waals surface area contributed by atoms with E-state index in [9.17, 15) is 9.59 Å². The number of thiocarbonyl (C=S) groups is 1. The molecule has 0 spiro atoms. The lowest BCUT2D eigenvalue weighted by atomic mass is 10.1. The molecule has 3 fully saturated rings. The highest BCUT2D eigenvalue weighted by Crippen LogP contribution is 2.34. The Balaban J connectivity index is 1.58. The van der Waals surface area contributed by atoms with Gasteiger partial charge in [0.25, 0.3) is 11.5 Å². The maximum atomic E-state index is 13.7. The molecule has 3 aliphatic heterocycles. The lowest BCUT2D eigenvalue weighted by Gasteiger charge is -2.36. The van der Waals surface area contributed by atoms with Gasteiger partial charge < -0.3 is 14.4 Å². The van der Waals surface area contributed by atoms with Crippen molar-refractivity contribution in [1.29, 1.82) is 0 Å². The molecule has 2 aromatic rings. The van der Waals surface area contributed by atoms with Gasteiger partial charge >= 0.3 is 0 Å². The molecule has 34 heavy (non-hydrogen) atoms. The lowest BCUT2D eigenvalue weighted by Crippen LogP contribution is -2.46. The summed E-state index contributed by atoms with van der Waals surface area (Å²) in [6.45, 7) is 8.33. The Labute approximate surface area is 207 Å². The van der Waals surface area contributed by atoms with Gasteiger partial charge in [-0.2, -0.15) is 0 Å². The monoisotopic (exact) mass is 500 g/mol. The van der Waals surface area contributed by atoms with Crippen molar-refractivity contribution in [2.24, 2.45) is 0 Å². The number of morpholine rings is 1. The average Bonchev–Trinajstić information content (AvgIpc) is 3.39. The third-order valence-corrected chi connectivity index (χ3v) is 7.64. The van der Waals surface area contributed by atoms with Gasteiger partial charge in [0.1, 0.15) is 15.8 Å². The van der Waals surface area contributed by atoms with Crippen LogP contribution >= 0.6 is 24.0 Å². The fourth-order valence-electron chi connectivity index (χ4n) is 4.75. The van der Waals surface area contributed by atoms with Crippen molar-refractivity contribution in [2.45, 2.75) is 51.9 Å². The number of carbonyl (C=O) groups is 1. The van der Waals surface area contributed by atoms with E-state index in [0.717, 1.165) is 18.4 Å². The number of fused-ring (bicyclic) bond motifs is 1. The van der Waals surface area contributed by atoms with Crippen molar-refractivity contribution < 1.29 is 14.3 Å². The van der Waals surface area contributed by atoms with Crippen molar-refractivity contribution in [3.05, 3.63) is 44.7 Å². The molecule has 3 saturated heterocycles. The molecule has 5 heterocycles. The lowest BCUT2D eigenvalue weighted by molar-refractivity contribution is -0.123. The van der Waals surface area contributed by atoms with Crippen LogP contribution in [0.1, 0.15) is 37.8 Å². The number of aromatic nitrogens is 2. The first-order valence-electron chi connectivity index (χ1n) is 11.6. The van der Waals surface area contributed by atoms with Crippen LogP contribution in [0.4, 0.5) is 5.82 Å². The number of hydrogen-bond donors (Lipinski definition) is 0. The van der Waals surface area contributed by atoms with Gasteiger partial charge in [-0.05, 0) is 51.3 Å². The summed E-state index contributed by atoms with van der Waals surface area (Å²) >= 11 is 6.73. The molecule has 3 atom stereocenters. The molecule has 0 radical (unpaired) electrons. The van der Waals surface area contributed by atoms with E-state index in [4.69, 9.17) is 26.7 Å². The summed E-state index contributed by atoms with van der Waals surface area (Å²) in [6.07, 6.45) is 5.36. The fourth-order valence-corrected chi connectivity index (χ4v) is 6.00. The topological polar surface area (TPSA) is 76.4 Å². The van der Waals surface area contributed by atoms with Gasteiger partial charge in [0, 0.05) is 25.9 Å². The van der Waals surface area contributed by atoms with Crippen molar-refractivity contribution in [2.75, 3.05) is 31.1 Å². The molecular formula is C24H28N4O4S2. The number of amides is 1. The third-order valence-electron chi connectivity index (χ3n) is 6.26. The van der Waals surface area contributed by atoms with Gasteiger partial charge in [-0.25, -0.2) is 4.98 Å². The number of thioether (sulfide) groups is 1. The molecule has 2 aromatic heterocycles. The van der Waals surface area contributed by atoms with E-state index in [0.29, 0.717) is 52.5 Å². The summed E-state index contributed by atoms with van der Waals surface area (Å²) in [5.74, 6) is 0.383. The summed E-state index contributed by atoms with van der Waals surface area (Å²) in [5, 5.41) is 0. The predicted molar refractivity (Wildman–Crippen MR) is 137 cm³/mol. The quantitative estimate of drug-likeness (QED) is 0.469. The summed E-state index contributed by atoms with van der Waals surface area (Å²) in [7, 11) is 0. The number of ether oxygens (including phenoxy) is 2. The number of nitrogens with zero attached hydrogens (tertiary/aromatic N) is 4. The van der Waals surface area contributed by atoms with E-state index in [1.165, 1.54) is 11.8 Å². The first-order valence-corrected chi connectivity index (χ1v) is 12.8. The highest BCUT2D eigenvalue weighted by molar-refractivity contribution is 8.26. The standard InChI is InChI=1S/C24H28N4O4S2/c1-14-6-7-20-25-21(26-11-15(2)32-16(3)12-26)18(22(29)27(20)10-14)9-19-23(30)28(24(33)34-19)13-17-5-4-8-31-17/h6-7,9-10,15-17H,4-5,8,11-13H2,1-3H3/b19-9-/t15-,16-,17-/m0/s1. The maximum Gasteiger partial charge on any atom is 0.267 e. The molecule has 0 aromatic carbocycles. The average molecular weight is 501 g/mol. The van der Waals surface area contributed by atoms with Crippen molar-refractivity contribution in [1.82, 2.24) is 14.3 Å². The molecule has 3 aliphatic rings. The highest BCUT2D eigenvalue weighted by Gasteiger charge is 2.35. The number of pyridine rings is 1. The Bertz CT molecular complexity index is 1230. The van der Waals surface area contributed by atoms with Crippen molar-refractivity contribution >= 4 is 51.7 Å². The second-order valence-electron chi connectivity index (χ2n) is 9.18. The number of aryl methyl sites for hydroxylation is 1. The minimum atomic E-state index is -0.208. The highest BCUT2D eigenvalue weighted by atomic mass is 32.2. The minimum absolute atomic E-state index is 0.000471. The molecule has 180 valence electrons. The van der Waals surface area contributed by atoms with Gasteiger partial charge in [-0.15, -0.1) is 0 Å². The number of hydrogen-bond acceptors (Lipinski definition) is 8. The largest absolute Gasteiger partial charge is 0.376 e. The molecule has 0 N–H and O–H groups in total. The molecule has 5 rings (SSSR count). The molecule has 0 aliphatic carbocycles. The molecule has 1 amide bonds. The SMILES string of the molecule is Cc1ccc2nc(N3C[C@H](C)O[C@@H](C)C3)c(/C=C3\SC(=S)N(C[C@@H]4CCCO4)C3=O)c(=O)n2c1. The van der Waals surface area contributed by atoms with Crippen LogP contribution in [0.3, 0.4) is 0 Å². The molecule has 0 saturated carbocycles. The second-order valence-corrected chi connectivity index (χ2v) is 10.9. The molecule has 10 heteroatoms. The summed E-state index contributed by atoms with van der Waals surface area (Å²) in [5.41, 5.74) is 1.70. The van der Waals surface area contributed by atoms with Crippen LogP contribution in [-0.4, -0.2) is 69.1 Å². The zero-order valence-electron chi connectivity index (χ0n) is 19.5. The zero-order chi connectivity index (χ0) is 24.0. The number of anilines is 1. The first-order chi connectivity index (χ1) is 16.3. The van der Waals surface area contributed by atoms with Gasteiger partial charge in [0.05, 0.1) is 35.3 Å². The molecular weight excluding hydrogens is 472 g/mol. The fraction of sp³-hybridized carbons (Fsp3) is 0.500. The van der Waals surface area contributed by atoms with E-state index in [-0.39, 0.29) is 29.8 Å². The third kappa shape index (κ3) is 4.51. The van der Waals surface area contributed by atoms with Crippen molar-refractivity contribution in [3.8, 4) is 0 Å². The Morgan fingerprint density at radius 1 is 1.24 bits per heavy atom. The summed E-state index contributed by atoms with van der Waals surface area (Å²) < 4.78 is 13.6. The molecule has 0 unspecified atom stereocenters. The summed E-state index contributed by atoms with van der Waals surface area (Å²) in [4.78, 5) is 35.9. The zero-order valence-corrected chi connectivity index (χ0v) is 21.2. The normalized spacial score (nSPS) is 26.9. The van der Waals surface area contributed by atoms with Gasteiger partial charge in [-0.1, -0.05) is 30.0 Å². The Morgan fingerprint density at radius 3 is 2.71 bits per heavy atom. The van der Waals surface area contributed by atoms with Crippen LogP contribution < -0.4 is 10.5 Å². The minimum Gasteiger partial charge on any atom is -0.376 e. The van der Waals surface area contributed by atoms with Crippen LogP contribution in [-0.2, 0) is 14.3 Å². The summed E-state index contributed by atoms with van der Waals surface area (Å²) in [6, 6.07) is 3.78. The smallest absolute Gasteiger partial charge is 0.267 e. The van der Waals surface area contributed by atoms with Crippen LogP contribution in [0.15, 0.2) is 28.0 Å². The Morgan fingerprint density at radius 2 is 2.00 bits per heavy atom. The van der Waals surface area contributed by atoms with E-state index in [2.05, 4.69) is 4.90 Å². The molecule has 0 bridgehead atoms. The predicted octanol–water partition coefficient (Wildman–Crippen LogP) is 3.00. The van der Waals surface area contributed by atoms with E-state index in [1.54, 1.807) is 21.6 Å². The van der Waals surface area contributed by atoms with Crippen LogP contribution in [0.25, 0.3) is 11.7 Å². The van der Waals surface area contributed by atoms with Gasteiger partial charge in [0.2, 0.25) is 0 Å². The van der Waals surface area contributed by atoms with Gasteiger partial charge in [0.15, 0.2) is 0 Å². The van der Waals surface area contributed by atoms with Crippen molar-refractivity contribution in [3.63, 3.8) is 0 Å². The second kappa shape index (κ2) is 9.41. The van der Waals surface area contributed by atoms with Gasteiger partial charge in [-0.3, -0.25) is 18.9 Å². The Hall–Kier alpha value is -2.27. The first kappa shape index (κ1) is 23.5. The van der Waals surface area contributed by atoms with Crippen LogP contribution in [0, 0.1) is 6.92 Å². The molecule has 8 nitrogen and oxygen atoms in total. The number of rotatable bonds is 4. The Kier molecular flexibility index (Phi) is 6.49. The maximum absolute atomic E-state index is 13.7. The van der Waals surface area contributed by atoms with E-state index < -0.39 is 0 Å². The van der Waals surface area contributed by atoms with Crippen LogP contribution in [0.2, 0.25) is 0 Å².